The maximum absolute atomic E-state index is 11.9. The van der Waals surface area contributed by atoms with Crippen molar-refractivity contribution in [3.05, 3.63) is 21.0 Å². The van der Waals surface area contributed by atoms with Gasteiger partial charge in [-0.2, -0.15) is 5.10 Å². The number of anilines is 1. The highest BCUT2D eigenvalue weighted by Gasteiger charge is 2.32. The van der Waals surface area contributed by atoms with Gasteiger partial charge in [-0.05, 0) is 22.4 Å². The van der Waals surface area contributed by atoms with Crippen molar-refractivity contribution in [1.82, 2.24) is 14.7 Å². The van der Waals surface area contributed by atoms with Crippen LogP contribution in [0.1, 0.15) is 12.8 Å². The van der Waals surface area contributed by atoms with Crippen LogP contribution in [0.25, 0.3) is 0 Å². The first kappa shape index (κ1) is 13.7. The summed E-state index contributed by atoms with van der Waals surface area (Å²) in [6.07, 6.45) is 2.18. The summed E-state index contributed by atoms with van der Waals surface area (Å²) >= 11 is 3.18. The van der Waals surface area contributed by atoms with E-state index in [1.54, 1.807) is 0 Å². The van der Waals surface area contributed by atoms with Gasteiger partial charge in [0.25, 0.3) is 11.5 Å². The second-order valence-electron chi connectivity index (χ2n) is 4.33. The molecule has 2 rings (SSSR count). The molecule has 1 aliphatic heterocycles. The average molecular weight is 329 g/mol. The zero-order chi connectivity index (χ0) is 14.2. The number of carbonyl (C=O) groups excluding carboxylic acids is 2. The third kappa shape index (κ3) is 2.53. The number of halogens is 1. The smallest absolute Gasteiger partial charge is 0.282 e. The number of likely N-dealkylation sites (tertiary alicyclic amines) is 1. The Morgan fingerprint density at radius 2 is 2.05 bits per heavy atom. The fourth-order valence-corrected chi connectivity index (χ4v) is 2.32. The third-order valence-corrected chi connectivity index (χ3v) is 3.82. The summed E-state index contributed by atoms with van der Waals surface area (Å²) in [5.74, 6) is -0.493. The molecule has 19 heavy (non-hydrogen) atoms. The maximum Gasteiger partial charge on any atom is 0.282 e. The Morgan fingerprint density at radius 3 is 2.74 bits per heavy atom. The second-order valence-corrected chi connectivity index (χ2v) is 5.12. The Bertz CT molecular complexity index is 598. The minimum Gasteiger partial charge on any atom is -0.371 e. The van der Waals surface area contributed by atoms with Gasteiger partial charge in [0.1, 0.15) is 10.5 Å². The zero-order valence-electron chi connectivity index (χ0n) is 10.5. The molecule has 0 aliphatic carbocycles. The minimum absolute atomic E-state index is 0.191. The SMILES string of the molecule is CN1C(=O)CCC(Nc2cnn(C)c(=O)c2Br)C1=O. The summed E-state index contributed by atoms with van der Waals surface area (Å²) in [4.78, 5) is 36.1. The van der Waals surface area contributed by atoms with Gasteiger partial charge in [-0.1, -0.05) is 0 Å². The fraction of sp³-hybridized carbons (Fsp3) is 0.455. The number of nitrogens with one attached hydrogen (secondary N) is 1. The van der Waals surface area contributed by atoms with E-state index in [4.69, 9.17) is 0 Å². The van der Waals surface area contributed by atoms with Crippen molar-refractivity contribution in [2.75, 3.05) is 12.4 Å². The zero-order valence-corrected chi connectivity index (χ0v) is 12.1. The highest BCUT2D eigenvalue weighted by molar-refractivity contribution is 9.10. The van der Waals surface area contributed by atoms with Crippen molar-refractivity contribution < 1.29 is 9.59 Å². The quantitative estimate of drug-likeness (QED) is 0.778. The summed E-state index contributed by atoms with van der Waals surface area (Å²) in [5.41, 5.74) is 0.155. The number of hydrogen-bond acceptors (Lipinski definition) is 5. The molecule has 0 spiro atoms. The molecule has 1 N–H and O–H groups in total. The van der Waals surface area contributed by atoms with E-state index in [-0.39, 0.29) is 17.4 Å². The molecule has 1 saturated heterocycles. The fourth-order valence-electron chi connectivity index (χ4n) is 1.85. The molecule has 1 fully saturated rings. The van der Waals surface area contributed by atoms with Gasteiger partial charge >= 0.3 is 0 Å². The molecule has 8 heteroatoms. The van der Waals surface area contributed by atoms with Gasteiger partial charge in [-0.25, -0.2) is 4.68 Å². The van der Waals surface area contributed by atoms with Crippen LogP contribution < -0.4 is 10.9 Å². The van der Waals surface area contributed by atoms with Crippen LogP contribution in [0.2, 0.25) is 0 Å². The van der Waals surface area contributed by atoms with Crippen molar-refractivity contribution in [2.24, 2.45) is 7.05 Å². The highest BCUT2D eigenvalue weighted by Crippen LogP contribution is 2.21. The van der Waals surface area contributed by atoms with Gasteiger partial charge in [0, 0.05) is 20.5 Å². The van der Waals surface area contributed by atoms with E-state index in [2.05, 4.69) is 26.3 Å². The monoisotopic (exact) mass is 328 g/mol. The van der Waals surface area contributed by atoms with Crippen LogP contribution in [0, 0.1) is 0 Å². The first-order valence-corrected chi connectivity index (χ1v) is 6.50. The van der Waals surface area contributed by atoms with Crippen LogP contribution in [-0.4, -0.2) is 39.6 Å². The Morgan fingerprint density at radius 1 is 1.37 bits per heavy atom. The molecule has 1 aromatic rings. The van der Waals surface area contributed by atoms with Crippen molar-refractivity contribution >= 4 is 33.4 Å². The van der Waals surface area contributed by atoms with E-state index in [0.717, 1.165) is 4.90 Å². The molecule has 0 aromatic carbocycles. The van der Waals surface area contributed by atoms with Crippen LogP contribution in [0.15, 0.2) is 15.5 Å². The standard InChI is InChI=1S/C11H13BrN4O3/c1-15-8(17)4-3-6(10(15)18)14-7-5-13-16(2)11(19)9(7)12/h5-6,14H,3-4H2,1-2H3. The normalized spacial score (nSPS) is 19.7. The molecule has 1 aromatic heterocycles. The van der Waals surface area contributed by atoms with Gasteiger partial charge in [0.2, 0.25) is 5.91 Å². The number of piperidine rings is 1. The molecule has 0 radical (unpaired) electrons. The van der Waals surface area contributed by atoms with E-state index in [1.807, 2.05) is 0 Å². The van der Waals surface area contributed by atoms with Crippen molar-refractivity contribution in [3.63, 3.8) is 0 Å². The first-order valence-electron chi connectivity index (χ1n) is 5.70. The molecule has 2 heterocycles. The number of carbonyl (C=O) groups is 2. The topological polar surface area (TPSA) is 84.3 Å². The largest absolute Gasteiger partial charge is 0.371 e. The number of aromatic nitrogens is 2. The van der Waals surface area contributed by atoms with Crippen LogP contribution in [0.5, 0.6) is 0 Å². The lowest BCUT2D eigenvalue weighted by Crippen LogP contribution is -2.48. The Labute approximate surface area is 117 Å². The molecule has 1 unspecified atom stereocenters. The number of likely N-dealkylation sites (N-methyl/N-ethyl adjacent to an activating group) is 1. The lowest BCUT2D eigenvalue weighted by molar-refractivity contribution is -0.146. The molecule has 7 nitrogen and oxygen atoms in total. The van der Waals surface area contributed by atoms with Gasteiger partial charge in [-0.15, -0.1) is 0 Å². The molecule has 1 aliphatic rings. The lowest BCUT2D eigenvalue weighted by atomic mass is 10.0. The van der Waals surface area contributed by atoms with Crippen molar-refractivity contribution in [3.8, 4) is 0 Å². The second kappa shape index (κ2) is 5.12. The van der Waals surface area contributed by atoms with Crippen molar-refractivity contribution in [2.45, 2.75) is 18.9 Å². The van der Waals surface area contributed by atoms with Gasteiger partial charge < -0.3 is 5.32 Å². The number of rotatable bonds is 2. The van der Waals surface area contributed by atoms with Gasteiger partial charge in [0.05, 0.1) is 11.9 Å². The Kier molecular flexibility index (Phi) is 3.70. The van der Waals surface area contributed by atoms with Crippen LogP contribution in [-0.2, 0) is 16.6 Å². The number of aryl methyl sites for hydroxylation is 1. The minimum atomic E-state index is -0.520. The van der Waals surface area contributed by atoms with E-state index >= 15 is 0 Å². The van der Waals surface area contributed by atoms with Crippen LogP contribution in [0.3, 0.4) is 0 Å². The predicted octanol–water partition coefficient (Wildman–Crippen LogP) is 0.102. The van der Waals surface area contributed by atoms with Crippen molar-refractivity contribution in [1.29, 1.82) is 0 Å². The summed E-state index contributed by atoms with van der Waals surface area (Å²) < 4.78 is 1.51. The summed E-state index contributed by atoms with van der Waals surface area (Å²) in [5, 5.41) is 6.84. The maximum atomic E-state index is 11.9. The summed E-state index contributed by atoms with van der Waals surface area (Å²) in [7, 11) is 2.99. The first-order chi connectivity index (χ1) is 8.91. The molecule has 0 bridgehead atoms. The molecule has 1 atom stereocenters. The lowest BCUT2D eigenvalue weighted by Gasteiger charge is -2.28. The van der Waals surface area contributed by atoms with Gasteiger partial charge in [0.15, 0.2) is 0 Å². The van der Waals surface area contributed by atoms with E-state index in [0.29, 0.717) is 23.0 Å². The number of amides is 2. The number of hydrogen-bond donors (Lipinski definition) is 1. The summed E-state index contributed by atoms with van der Waals surface area (Å²) in [6, 6.07) is -0.520. The van der Waals surface area contributed by atoms with E-state index in [1.165, 1.54) is 25.0 Å². The van der Waals surface area contributed by atoms with E-state index < -0.39 is 6.04 Å². The Balaban J connectivity index is 2.23. The molecule has 0 saturated carbocycles. The molecule has 2 amide bonds. The third-order valence-electron chi connectivity index (χ3n) is 3.06. The van der Waals surface area contributed by atoms with Crippen LogP contribution >= 0.6 is 15.9 Å². The molecule has 102 valence electrons. The summed E-state index contributed by atoms with van der Waals surface area (Å²) in [6.45, 7) is 0. The number of nitrogens with zero attached hydrogens (tertiary/aromatic N) is 3. The molecular formula is C11H13BrN4O3. The van der Waals surface area contributed by atoms with E-state index in [9.17, 15) is 14.4 Å². The van der Waals surface area contributed by atoms with Gasteiger partial charge in [-0.3, -0.25) is 19.3 Å². The Hall–Kier alpha value is -1.70. The highest BCUT2D eigenvalue weighted by atomic mass is 79.9. The predicted molar refractivity (Wildman–Crippen MR) is 71.6 cm³/mol. The molecular weight excluding hydrogens is 316 g/mol. The number of imide groups is 1. The average Bonchev–Trinajstić information content (AvgIpc) is 2.39. The van der Waals surface area contributed by atoms with Crippen LogP contribution in [0.4, 0.5) is 5.69 Å².